The Morgan fingerprint density at radius 2 is 1.71 bits per heavy atom. The number of nitriles is 1. The fraction of sp³-hybridized carbons (Fsp3) is 0.167. The maximum atomic E-state index is 13.4. The summed E-state index contributed by atoms with van der Waals surface area (Å²) in [6, 6.07) is 22.8. The summed E-state index contributed by atoms with van der Waals surface area (Å²) in [5.41, 5.74) is 2.42. The second-order valence-electron chi connectivity index (χ2n) is 6.63. The summed E-state index contributed by atoms with van der Waals surface area (Å²) in [5, 5.41) is 15.0. The van der Waals surface area contributed by atoms with Crippen LogP contribution >= 0.6 is 11.8 Å². The molecule has 1 amide bonds. The molecule has 7 heteroatoms. The molecule has 0 saturated heterocycles. The van der Waals surface area contributed by atoms with Crippen LogP contribution in [0.15, 0.2) is 77.7 Å². The Kier molecular flexibility index (Phi) is 8.05. The van der Waals surface area contributed by atoms with Crippen molar-refractivity contribution < 1.29 is 13.9 Å². The molecule has 3 aromatic rings. The first-order valence-electron chi connectivity index (χ1n) is 9.62. The van der Waals surface area contributed by atoms with Crippen LogP contribution in [0.4, 0.5) is 10.1 Å². The predicted octanol–water partition coefficient (Wildman–Crippen LogP) is 4.77. The summed E-state index contributed by atoms with van der Waals surface area (Å²) >= 11 is 1.37. The Bertz CT molecular complexity index is 1050. The average molecular weight is 436 g/mol. The maximum absolute atomic E-state index is 13.4. The minimum Gasteiger partial charge on any atom is -0.497 e. The number of nitrogens with zero attached hydrogens (tertiary/aromatic N) is 1. The van der Waals surface area contributed by atoms with Crippen molar-refractivity contribution in [3.8, 4) is 11.8 Å². The smallest absolute Gasteiger partial charge is 0.238 e. The van der Waals surface area contributed by atoms with Crippen LogP contribution in [-0.4, -0.2) is 25.3 Å². The van der Waals surface area contributed by atoms with E-state index in [0.29, 0.717) is 11.4 Å². The van der Waals surface area contributed by atoms with E-state index in [1.165, 1.54) is 23.9 Å². The second-order valence-corrected chi connectivity index (χ2v) is 7.65. The molecule has 0 heterocycles. The molecule has 31 heavy (non-hydrogen) atoms. The van der Waals surface area contributed by atoms with Gasteiger partial charge in [-0.15, -0.1) is 11.8 Å². The van der Waals surface area contributed by atoms with Crippen LogP contribution in [-0.2, 0) is 4.79 Å². The third kappa shape index (κ3) is 6.32. The Hall–Kier alpha value is -3.34. The highest BCUT2D eigenvalue weighted by Crippen LogP contribution is 2.27. The third-order valence-electron chi connectivity index (χ3n) is 4.57. The predicted molar refractivity (Wildman–Crippen MR) is 121 cm³/mol. The Labute approximate surface area is 185 Å². The van der Waals surface area contributed by atoms with Crippen molar-refractivity contribution in [2.24, 2.45) is 0 Å². The zero-order valence-corrected chi connectivity index (χ0v) is 17.8. The molecule has 158 valence electrons. The summed E-state index contributed by atoms with van der Waals surface area (Å²) in [4.78, 5) is 13.5. The number of nitrogens with one attached hydrogen (secondary N) is 2. The van der Waals surface area contributed by atoms with Gasteiger partial charge in [-0.25, -0.2) is 4.39 Å². The molecule has 3 aromatic carbocycles. The minimum absolute atomic E-state index is 0.0469. The zero-order valence-electron chi connectivity index (χ0n) is 17.0. The number of methoxy groups -OCH3 is 1. The number of para-hydroxylation sites is 1. The molecule has 0 saturated carbocycles. The first kappa shape index (κ1) is 22.3. The van der Waals surface area contributed by atoms with Crippen molar-refractivity contribution in [3.05, 3.63) is 89.7 Å². The van der Waals surface area contributed by atoms with Crippen molar-refractivity contribution in [3.63, 3.8) is 0 Å². The number of carbonyl (C=O) groups excluding carboxylic acids is 1. The monoisotopic (exact) mass is 435 g/mol. The van der Waals surface area contributed by atoms with E-state index in [0.717, 1.165) is 21.8 Å². The van der Waals surface area contributed by atoms with E-state index >= 15 is 0 Å². The summed E-state index contributed by atoms with van der Waals surface area (Å²) in [7, 11) is 1.60. The van der Waals surface area contributed by atoms with Crippen LogP contribution in [0.3, 0.4) is 0 Å². The first-order valence-corrected chi connectivity index (χ1v) is 10.6. The van der Waals surface area contributed by atoms with Crippen LogP contribution < -0.4 is 15.4 Å². The molecule has 3 rings (SSSR count). The topological polar surface area (TPSA) is 74.2 Å². The fourth-order valence-electron chi connectivity index (χ4n) is 3.07. The van der Waals surface area contributed by atoms with E-state index in [4.69, 9.17) is 10.00 Å². The largest absolute Gasteiger partial charge is 0.497 e. The highest BCUT2D eigenvalue weighted by molar-refractivity contribution is 7.99. The van der Waals surface area contributed by atoms with Gasteiger partial charge in [0.05, 0.1) is 37.2 Å². The van der Waals surface area contributed by atoms with Gasteiger partial charge in [0.15, 0.2) is 0 Å². The number of ether oxygens (including phenoxy) is 1. The number of amides is 1. The van der Waals surface area contributed by atoms with Crippen LogP contribution in [0.2, 0.25) is 0 Å². The fourth-order valence-corrected chi connectivity index (χ4v) is 3.74. The Balaban J connectivity index is 1.73. The summed E-state index contributed by atoms with van der Waals surface area (Å²) in [5.74, 6) is 0.493. The lowest BCUT2D eigenvalue weighted by atomic mass is 9.98. The molecule has 5 nitrogen and oxygen atoms in total. The van der Waals surface area contributed by atoms with Gasteiger partial charge in [0.25, 0.3) is 0 Å². The number of hydrogen-bond donors (Lipinski definition) is 2. The lowest BCUT2D eigenvalue weighted by molar-refractivity contribution is -0.115. The van der Waals surface area contributed by atoms with E-state index in [9.17, 15) is 9.18 Å². The van der Waals surface area contributed by atoms with Crippen molar-refractivity contribution in [2.45, 2.75) is 10.9 Å². The number of thioether (sulfide) groups is 1. The van der Waals surface area contributed by atoms with Crippen molar-refractivity contribution in [2.75, 3.05) is 24.7 Å². The highest BCUT2D eigenvalue weighted by Gasteiger charge is 2.16. The molecule has 0 radical (unpaired) electrons. The molecule has 0 aliphatic rings. The molecule has 2 N–H and O–H groups in total. The summed E-state index contributed by atoms with van der Waals surface area (Å²) in [6.07, 6.45) is 0. The van der Waals surface area contributed by atoms with Gasteiger partial charge in [0.2, 0.25) is 5.91 Å². The number of rotatable bonds is 9. The second kappa shape index (κ2) is 11.2. The molecule has 0 bridgehead atoms. The number of carbonyl (C=O) groups is 1. The lowest BCUT2D eigenvalue weighted by Gasteiger charge is -2.20. The zero-order chi connectivity index (χ0) is 22.1. The van der Waals surface area contributed by atoms with Crippen LogP contribution in [0.5, 0.6) is 5.75 Å². The Morgan fingerprint density at radius 3 is 2.35 bits per heavy atom. The van der Waals surface area contributed by atoms with Gasteiger partial charge in [-0.05, 0) is 47.5 Å². The van der Waals surface area contributed by atoms with E-state index in [1.807, 2.05) is 42.5 Å². The number of halogens is 1. The van der Waals surface area contributed by atoms with E-state index in [2.05, 4.69) is 16.7 Å². The SMILES string of the molecule is COc1ccc(C(NCC(=O)Nc2ccccc2SCC#N)c2ccc(F)cc2)cc1. The van der Waals surface area contributed by atoms with Gasteiger partial charge in [0.1, 0.15) is 11.6 Å². The van der Waals surface area contributed by atoms with E-state index in [1.54, 1.807) is 25.3 Å². The van der Waals surface area contributed by atoms with Gasteiger partial charge >= 0.3 is 0 Å². The molecular formula is C24H22FN3O2S. The van der Waals surface area contributed by atoms with Crippen LogP contribution in [0.25, 0.3) is 0 Å². The molecular weight excluding hydrogens is 413 g/mol. The molecule has 0 aromatic heterocycles. The number of anilines is 1. The molecule has 0 fully saturated rings. The van der Waals surface area contributed by atoms with Gasteiger partial charge in [-0.3, -0.25) is 10.1 Å². The first-order chi connectivity index (χ1) is 15.1. The van der Waals surface area contributed by atoms with Gasteiger partial charge < -0.3 is 10.1 Å². The summed E-state index contributed by atoms with van der Waals surface area (Å²) < 4.78 is 18.6. The van der Waals surface area contributed by atoms with Crippen LogP contribution in [0.1, 0.15) is 17.2 Å². The van der Waals surface area contributed by atoms with Crippen molar-refractivity contribution in [1.82, 2.24) is 5.32 Å². The minimum atomic E-state index is -0.318. The summed E-state index contributed by atoms with van der Waals surface area (Å²) in [6.45, 7) is 0.0469. The molecule has 1 atom stereocenters. The number of benzene rings is 3. The third-order valence-corrected chi connectivity index (χ3v) is 5.51. The molecule has 0 aliphatic heterocycles. The van der Waals surface area contributed by atoms with Crippen LogP contribution in [0, 0.1) is 17.1 Å². The standard InChI is InChI=1S/C24H22FN3O2S/c1-30-20-12-8-18(9-13-20)24(17-6-10-19(25)11-7-17)27-16-23(29)28-21-4-2-3-5-22(21)31-15-14-26/h2-13,24,27H,15-16H2,1H3,(H,28,29). The van der Waals surface area contributed by atoms with Gasteiger partial charge in [-0.2, -0.15) is 5.26 Å². The Morgan fingerprint density at radius 1 is 1.06 bits per heavy atom. The molecule has 0 aliphatic carbocycles. The lowest BCUT2D eigenvalue weighted by Crippen LogP contribution is -2.32. The maximum Gasteiger partial charge on any atom is 0.238 e. The van der Waals surface area contributed by atoms with Gasteiger partial charge in [-0.1, -0.05) is 36.4 Å². The average Bonchev–Trinajstić information content (AvgIpc) is 2.80. The molecule has 0 spiro atoms. The number of hydrogen-bond acceptors (Lipinski definition) is 5. The quantitative estimate of drug-likeness (QED) is 0.474. The van der Waals surface area contributed by atoms with Crippen molar-refractivity contribution in [1.29, 1.82) is 5.26 Å². The highest BCUT2D eigenvalue weighted by atomic mass is 32.2. The molecule has 1 unspecified atom stereocenters. The van der Waals surface area contributed by atoms with E-state index in [-0.39, 0.29) is 24.3 Å². The normalized spacial score (nSPS) is 11.4. The van der Waals surface area contributed by atoms with Crippen molar-refractivity contribution >= 4 is 23.4 Å². The van der Waals surface area contributed by atoms with E-state index < -0.39 is 0 Å². The van der Waals surface area contributed by atoms with Gasteiger partial charge in [0, 0.05) is 4.90 Å².